The molecule has 1 aromatic rings. The van der Waals surface area contributed by atoms with Crippen LogP contribution in [0.15, 0.2) is 18.2 Å². The van der Waals surface area contributed by atoms with Crippen LogP contribution in [0.1, 0.15) is 32.8 Å². The number of nitrogens with one attached hydrogen (secondary N) is 1. The number of benzene rings is 1. The zero-order chi connectivity index (χ0) is 17.3. The number of carbonyl (C=O) groups excluding carboxylic acids is 1. The van der Waals surface area contributed by atoms with Gasteiger partial charge in [0.1, 0.15) is 5.54 Å². The number of amides is 1. The smallest absolute Gasteiger partial charge is 0.240 e. The van der Waals surface area contributed by atoms with Gasteiger partial charge in [0.25, 0.3) is 0 Å². The summed E-state index contributed by atoms with van der Waals surface area (Å²) >= 11 is 12.3. The second kappa shape index (κ2) is 6.98. The Bertz CT molecular complexity index is 572. The molecule has 1 saturated carbocycles. The average Bonchev–Trinajstić information content (AvgIpc) is 2.49. The van der Waals surface area contributed by atoms with Crippen molar-refractivity contribution < 1.29 is 9.53 Å². The van der Waals surface area contributed by atoms with E-state index in [4.69, 9.17) is 33.7 Å². The number of rotatable bonds is 6. The van der Waals surface area contributed by atoms with E-state index in [0.29, 0.717) is 36.0 Å². The molecule has 2 rings (SSSR count). The molecule has 0 heterocycles. The molecule has 0 bridgehead atoms. The first-order chi connectivity index (χ1) is 10.7. The Labute approximate surface area is 147 Å². The van der Waals surface area contributed by atoms with Crippen molar-refractivity contribution >= 4 is 29.1 Å². The van der Waals surface area contributed by atoms with E-state index >= 15 is 0 Å². The molecule has 3 N–H and O–H groups in total. The quantitative estimate of drug-likeness (QED) is 0.820. The van der Waals surface area contributed by atoms with Gasteiger partial charge in [0.2, 0.25) is 5.91 Å². The van der Waals surface area contributed by atoms with Crippen LogP contribution in [0.4, 0.5) is 0 Å². The van der Waals surface area contributed by atoms with Gasteiger partial charge in [0.05, 0.1) is 6.10 Å². The van der Waals surface area contributed by atoms with Gasteiger partial charge in [-0.05, 0) is 31.0 Å². The predicted octanol–water partition coefficient (Wildman–Crippen LogP) is 3.18. The lowest BCUT2D eigenvalue weighted by atomic mass is 9.54. The maximum absolute atomic E-state index is 12.5. The number of nitrogens with two attached hydrogens (primary N) is 1. The Morgan fingerprint density at radius 3 is 2.52 bits per heavy atom. The second-order valence-corrected chi connectivity index (χ2v) is 7.36. The van der Waals surface area contributed by atoms with E-state index in [1.165, 1.54) is 0 Å². The molecular weight excluding hydrogens is 335 g/mol. The van der Waals surface area contributed by atoms with Gasteiger partial charge in [0.15, 0.2) is 0 Å². The highest BCUT2D eigenvalue weighted by molar-refractivity contribution is 6.36. The van der Waals surface area contributed by atoms with Crippen LogP contribution < -0.4 is 11.1 Å². The third-order valence-corrected chi connectivity index (χ3v) is 5.67. The lowest BCUT2D eigenvalue weighted by molar-refractivity contribution is -0.170. The Morgan fingerprint density at radius 1 is 1.39 bits per heavy atom. The van der Waals surface area contributed by atoms with Crippen LogP contribution in [-0.4, -0.2) is 30.7 Å². The van der Waals surface area contributed by atoms with Crippen molar-refractivity contribution in [3.8, 4) is 0 Å². The zero-order valence-corrected chi connectivity index (χ0v) is 15.3. The van der Waals surface area contributed by atoms with Gasteiger partial charge in [-0.15, -0.1) is 0 Å². The van der Waals surface area contributed by atoms with E-state index in [1.807, 2.05) is 20.8 Å². The van der Waals surface area contributed by atoms with Crippen LogP contribution in [0.3, 0.4) is 0 Å². The maximum Gasteiger partial charge on any atom is 0.240 e. The lowest BCUT2D eigenvalue weighted by Gasteiger charge is -2.57. The minimum atomic E-state index is -0.906. The molecule has 2 unspecified atom stereocenters. The molecule has 0 saturated heterocycles. The first kappa shape index (κ1) is 18.5. The maximum atomic E-state index is 12.5. The van der Waals surface area contributed by atoms with E-state index in [0.717, 1.165) is 5.56 Å². The van der Waals surface area contributed by atoms with Crippen LogP contribution in [0.25, 0.3) is 0 Å². The highest BCUT2D eigenvalue weighted by Crippen LogP contribution is 2.49. The number of hydrogen-bond acceptors (Lipinski definition) is 3. The molecular formula is C17H24Cl2N2O2. The fourth-order valence-electron chi connectivity index (χ4n) is 3.05. The molecule has 1 aliphatic carbocycles. The van der Waals surface area contributed by atoms with Crippen LogP contribution in [-0.2, 0) is 16.0 Å². The Morgan fingerprint density at radius 2 is 2.00 bits per heavy atom. The minimum absolute atomic E-state index is 0.0151. The fourth-order valence-corrected chi connectivity index (χ4v) is 3.64. The van der Waals surface area contributed by atoms with Crippen molar-refractivity contribution in [2.24, 2.45) is 11.1 Å². The van der Waals surface area contributed by atoms with E-state index in [9.17, 15) is 4.79 Å². The molecule has 1 fully saturated rings. The molecule has 0 aliphatic heterocycles. The van der Waals surface area contributed by atoms with E-state index in [2.05, 4.69) is 5.32 Å². The molecule has 1 amide bonds. The summed E-state index contributed by atoms with van der Waals surface area (Å²) in [5.74, 6) is -0.151. The van der Waals surface area contributed by atoms with Gasteiger partial charge in [-0.2, -0.15) is 0 Å². The summed E-state index contributed by atoms with van der Waals surface area (Å²) in [5.41, 5.74) is 5.88. The third-order valence-electron chi connectivity index (χ3n) is 4.96. The number of ether oxygens (including phenoxy) is 1. The Hall–Kier alpha value is -0.810. The number of carbonyl (C=O) groups is 1. The highest BCUT2D eigenvalue weighted by Gasteiger charge is 2.62. The first-order valence-corrected chi connectivity index (χ1v) is 8.61. The molecule has 2 atom stereocenters. The van der Waals surface area contributed by atoms with E-state index in [1.54, 1.807) is 18.2 Å². The number of hydrogen-bond donors (Lipinski definition) is 2. The summed E-state index contributed by atoms with van der Waals surface area (Å²) in [5, 5.41) is 4.12. The molecule has 128 valence electrons. The van der Waals surface area contributed by atoms with Crippen LogP contribution in [0.2, 0.25) is 10.0 Å². The topological polar surface area (TPSA) is 64.3 Å². The molecule has 1 aliphatic rings. The Balaban J connectivity index is 1.93. The standard InChI is InChI=1S/C17H24Cl2N2O2/c1-4-23-14-10-17(20,16(14,2)3)15(22)21-9-8-11-12(18)6-5-7-13(11)19/h5-7,14H,4,8-10,20H2,1-3H3,(H,21,22). The summed E-state index contributed by atoms with van der Waals surface area (Å²) in [6, 6.07) is 5.37. The SMILES string of the molecule is CCOC1CC(N)(C(=O)NCCc2c(Cl)cccc2Cl)C1(C)C. The largest absolute Gasteiger partial charge is 0.378 e. The summed E-state index contributed by atoms with van der Waals surface area (Å²) in [4.78, 5) is 12.5. The molecule has 23 heavy (non-hydrogen) atoms. The molecule has 0 radical (unpaired) electrons. The van der Waals surface area contributed by atoms with Gasteiger partial charge in [0, 0.05) is 35.0 Å². The lowest BCUT2D eigenvalue weighted by Crippen LogP contribution is -2.75. The third kappa shape index (κ3) is 3.36. The van der Waals surface area contributed by atoms with Gasteiger partial charge in [-0.3, -0.25) is 4.79 Å². The normalized spacial score (nSPS) is 25.7. The van der Waals surface area contributed by atoms with E-state index < -0.39 is 11.0 Å². The number of halogens is 2. The van der Waals surface area contributed by atoms with Crippen molar-refractivity contribution in [2.45, 2.75) is 45.3 Å². The van der Waals surface area contributed by atoms with Gasteiger partial charge >= 0.3 is 0 Å². The van der Waals surface area contributed by atoms with Crippen molar-refractivity contribution in [2.75, 3.05) is 13.2 Å². The monoisotopic (exact) mass is 358 g/mol. The summed E-state index contributed by atoms with van der Waals surface area (Å²) in [7, 11) is 0. The molecule has 0 aromatic heterocycles. The minimum Gasteiger partial charge on any atom is -0.378 e. The van der Waals surface area contributed by atoms with Crippen molar-refractivity contribution in [3.63, 3.8) is 0 Å². The fraction of sp³-hybridized carbons (Fsp3) is 0.588. The van der Waals surface area contributed by atoms with Crippen LogP contribution in [0, 0.1) is 5.41 Å². The first-order valence-electron chi connectivity index (χ1n) is 7.85. The highest BCUT2D eigenvalue weighted by atomic mass is 35.5. The van der Waals surface area contributed by atoms with Gasteiger partial charge in [-0.1, -0.05) is 43.1 Å². The second-order valence-electron chi connectivity index (χ2n) is 6.55. The molecule has 6 heteroatoms. The van der Waals surface area contributed by atoms with Crippen molar-refractivity contribution in [1.82, 2.24) is 5.32 Å². The zero-order valence-electron chi connectivity index (χ0n) is 13.8. The summed E-state index contributed by atoms with van der Waals surface area (Å²) in [6.07, 6.45) is 1.11. The molecule has 4 nitrogen and oxygen atoms in total. The molecule has 0 spiro atoms. The van der Waals surface area contributed by atoms with E-state index in [-0.39, 0.29) is 12.0 Å². The Kier molecular flexibility index (Phi) is 5.62. The van der Waals surface area contributed by atoms with Crippen LogP contribution >= 0.6 is 23.2 Å². The summed E-state index contributed by atoms with van der Waals surface area (Å²) in [6.45, 7) is 6.95. The van der Waals surface area contributed by atoms with Gasteiger partial charge in [-0.25, -0.2) is 0 Å². The average molecular weight is 359 g/mol. The van der Waals surface area contributed by atoms with Crippen LogP contribution in [0.5, 0.6) is 0 Å². The molecule has 1 aromatic carbocycles. The predicted molar refractivity (Wildman–Crippen MR) is 93.9 cm³/mol. The van der Waals surface area contributed by atoms with Gasteiger partial charge < -0.3 is 15.8 Å². The van der Waals surface area contributed by atoms with Crippen molar-refractivity contribution in [1.29, 1.82) is 0 Å². The van der Waals surface area contributed by atoms with Crippen molar-refractivity contribution in [3.05, 3.63) is 33.8 Å². The summed E-state index contributed by atoms with van der Waals surface area (Å²) < 4.78 is 5.65.